The van der Waals surface area contributed by atoms with Gasteiger partial charge in [-0.05, 0) is 40.3 Å². The van der Waals surface area contributed by atoms with Crippen LogP contribution in [0.5, 0.6) is 0 Å². The van der Waals surface area contributed by atoms with E-state index in [9.17, 15) is 9.18 Å². The summed E-state index contributed by atoms with van der Waals surface area (Å²) >= 11 is 1.84. The van der Waals surface area contributed by atoms with E-state index in [1.807, 2.05) is 22.6 Å². The van der Waals surface area contributed by atoms with Crippen LogP contribution in [0.25, 0.3) is 0 Å². The molecule has 76 valence electrons. The van der Waals surface area contributed by atoms with Crippen molar-refractivity contribution in [3.05, 3.63) is 33.1 Å². The minimum atomic E-state index is -0.961. The third kappa shape index (κ3) is 2.91. The number of hydrogen-bond donors (Lipinski definition) is 2. The van der Waals surface area contributed by atoms with Crippen LogP contribution in [0.3, 0.4) is 0 Å². The maximum atomic E-state index is 12.9. The number of carboxylic acids is 1. The fraction of sp³-hybridized carbons (Fsp3) is 0.222. The highest BCUT2D eigenvalue weighted by molar-refractivity contribution is 14.1. The van der Waals surface area contributed by atoms with Gasteiger partial charge in [-0.15, -0.1) is 0 Å². The molecule has 0 aromatic heterocycles. The Kier molecular flexibility index (Phi) is 3.82. The fourth-order valence-corrected chi connectivity index (χ4v) is 1.59. The second kappa shape index (κ2) is 4.70. The monoisotopic (exact) mass is 309 g/mol. The second-order valence-corrected chi connectivity index (χ2v) is 4.04. The van der Waals surface area contributed by atoms with Gasteiger partial charge in [-0.25, -0.2) is 4.39 Å². The Bertz CT molecular complexity index is 357. The van der Waals surface area contributed by atoms with Crippen LogP contribution in [0, 0.1) is 9.39 Å². The van der Waals surface area contributed by atoms with Crippen molar-refractivity contribution >= 4 is 28.6 Å². The Balaban J connectivity index is 2.85. The molecule has 0 saturated carbocycles. The van der Waals surface area contributed by atoms with E-state index in [-0.39, 0.29) is 12.2 Å². The first kappa shape index (κ1) is 11.4. The lowest BCUT2D eigenvalue weighted by molar-refractivity contribution is -0.137. The second-order valence-electron chi connectivity index (χ2n) is 2.88. The molecule has 0 aliphatic carbocycles. The Morgan fingerprint density at radius 2 is 2.29 bits per heavy atom. The number of halogens is 2. The molecule has 0 amide bonds. The molecule has 1 aromatic carbocycles. The molecule has 1 aromatic rings. The Morgan fingerprint density at radius 1 is 1.64 bits per heavy atom. The minimum absolute atomic E-state index is 0.151. The van der Waals surface area contributed by atoms with Gasteiger partial charge in [-0.2, -0.15) is 0 Å². The molecule has 0 fully saturated rings. The molecule has 1 unspecified atom stereocenters. The third-order valence-electron chi connectivity index (χ3n) is 1.77. The van der Waals surface area contributed by atoms with Gasteiger partial charge in [-0.3, -0.25) is 4.79 Å². The summed E-state index contributed by atoms with van der Waals surface area (Å²) < 4.78 is 13.3. The van der Waals surface area contributed by atoms with Gasteiger partial charge in [0.25, 0.3) is 0 Å². The lowest BCUT2D eigenvalue weighted by Crippen LogP contribution is -2.15. The highest BCUT2D eigenvalue weighted by atomic mass is 127. The summed E-state index contributed by atoms with van der Waals surface area (Å²) in [4.78, 5) is 10.4. The molecule has 0 aliphatic rings. The molecule has 0 aliphatic heterocycles. The summed E-state index contributed by atoms with van der Waals surface area (Å²) in [6.45, 7) is 0. The molecule has 0 bridgehead atoms. The molecular formula is C9H9FINO2. The number of nitrogens with two attached hydrogens (primary N) is 1. The summed E-state index contributed by atoms with van der Waals surface area (Å²) in [6, 6.07) is 3.77. The normalized spacial score (nSPS) is 12.5. The van der Waals surface area contributed by atoms with Crippen LogP contribution in [-0.4, -0.2) is 11.1 Å². The van der Waals surface area contributed by atoms with Crippen molar-refractivity contribution in [1.29, 1.82) is 0 Å². The van der Waals surface area contributed by atoms with Crippen molar-refractivity contribution in [2.24, 2.45) is 5.73 Å². The average molecular weight is 309 g/mol. The topological polar surface area (TPSA) is 63.3 Å². The van der Waals surface area contributed by atoms with Crippen molar-refractivity contribution in [3.8, 4) is 0 Å². The summed E-state index contributed by atoms with van der Waals surface area (Å²) in [5, 5.41) is 8.51. The van der Waals surface area contributed by atoms with E-state index >= 15 is 0 Å². The van der Waals surface area contributed by atoms with Crippen LogP contribution in [0.1, 0.15) is 18.0 Å². The van der Waals surface area contributed by atoms with E-state index in [2.05, 4.69) is 0 Å². The summed E-state index contributed by atoms with van der Waals surface area (Å²) in [6.07, 6.45) is -0.151. The fourth-order valence-electron chi connectivity index (χ4n) is 1.05. The highest BCUT2D eigenvalue weighted by Gasteiger charge is 2.11. The van der Waals surface area contributed by atoms with E-state index in [0.717, 1.165) is 0 Å². The van der Waals surface area contributed by atoms with Gasteiger partial charge in [0.1, 0.15) is 5.82 Å². The first-order valence-corrected chi connectivity index (χ1v) is 5.01. The average Bonchev–Trinajstić information content (AvgIpc) is 2.08. The van der Waals surface area contributed by atoms with Crippen LogP contribution >= 0.6 is 22.6 Å². The molecule has 1 atom stereocenters. The third-order valence-corrected chi connectivity index (χ3v) is 2.59. The maximum Gasteiger partial charge on any atom is 0.305 e. The molecule has 3 nitrogen and oxygen atoms in total. The van der Waals surface area contributed by atoms with Gasteiger partial charge in [0.2, 0.25) is 0 Å². The summed E-state index contributed by atoms with van der Waals surface area (Å²) in [5.41, 5.74) is 6.25. The smallest absolute Gasteiger partial charge is 0.305 e. The molecule has 0 saturated heterocycles. The molecule has 14 heavy (non-hydrogen) atoms. The minimum Gasteiger partial charge on any atom is -0.481 e. The van der Waals surface area contributed by atoms with Crippen LogP contribution in [0.4, 0.5) is 4.39 Å². The largest absolute Gasteiger partial charge is 0.481 e. The highest BCUT2D eigenvalue weighted by Crippen LogP contribution is 2.19. The summed E-state index contributed by atoms with van der Waals surface area (Å²) in [7, 11) is 0. The lowest BCUT2D eigenvalue weighted by Gasteiger charge is -2.09. The quantitative estimate of drug-likeness (QED) is 0.838. The van der Waals surface area contributed by atoms with Crippen LogP contribution < -0.4 is 5.73 Å². The first-order valence-electron chi connectivity index (χ1n) is 3.93. The zero-order chi connectivity index (χ0) is 10.7. The van der Waals surface area contributed by atoms with E-state index < -0.39 is 12.0 Å². The maximum absolute atomic E-state index is 12.9. The van der Waals surface area contributed by atoms with E-state index in [1.165, 1.54) is 12.1 Å². The van der Waals surface area contributed by atoms with E-state index in [1.54, 1.807) is 6.07 Å². The first-order chi connectivity index (χ1) is 6.50. The van der Waals surface area contributed by atoms with Crippen molar-refractivity contribution in [3.63, 3.8) is 0 Å². The number of hydrogen-bond acceptors (Lipinski definition) is 2. The zero-order valence-corrected chi connectivity index (χ0v) is 9.36. The van der Waals surface area contributed by atoms with E-state index in [4.69, 9.17) is 10.8 Å². The van der Waals surface area contributed by atoms with Crippen molar-refractivity contribution in [1.82, 2.24) is 0 Å². The number of rotatable bonds is 3. The Hall–Kier alpha value is -0.690. The van der Waals surface area contributed by atoms with Crippen LogP contribution in [0.2, 0.25) is 0 Å². The number of aliphatic carboxylic acids is 1. The molecule has 0 heterocycles. The number of benzene rings is 1. The van der Waals surface area contributed by atoms with E-state index in [0.29, 0.717) is 9.13 Å². The van der Waals surface area contributed by atoms with Gasteiger partial charge in [0.15, 0.2) is 0 Å². The molecule has 1 rings (SSSR count). The van der Waals surface area contributed by atoms with Crippen LogP contribution in [-0.2, 0) is 4.79 Å². The van der Waals surface area contributed by atoms with Gasteiger partial charge in [0, 0.05) is 9.61 Å². The predicted molar refractivity (Wildman–Crippen MR) is 58.3 cm³/mol. The standard InChI is InChI=1S/C9H9FINO2/c10-6-2-1-5(3-7(6)11)8(12)4-9(13)14/h1-3,8H,4,12H2,(H,13,14). The van der Waals surface area contributed by atoms with Crippen molar-refractivity contribution < 1.29 is 14.3 Å². The van der Waals surface area contributed by atoms with Gasteiger partial charge < -0.3 is 10.8 Å². The van der Waals surface area contributed by atoms with Gasteiger partial charge >= 0.3 is 5.97 Å². The summed E-state index contributed by atoms with van der Waals surface area (Å²) in [5.74, 6) is -1.28. The predicted octanol–water partition coefficient (Wildman–Crippen LogP) is 1.90. The lowest BCUT2D eigenvalue weighted by atomic mass is 10.1. The van der Waals surface area contributed by atoms with Crippen LogP contribution in [0.15, 0.2) is 18.2 Å². The van der Waals surface area contributed by atoms with Gasteiger partial charge in [0.05, 0.1) is 6.42 Å². The number of carboxylic acid groups (broad SMARTS) is 1. The Labute approximate surface area is 94.2 Å². The molecule has 0 radical (unpaired) electrons. The molecule has 3 N–H and O–H groups in total. The number of carbonyl (C=O) groups is 1. The van der Waals surface area contributed by atoms with Crippen molar-refractivity contribution in [2.75, 3.05) is 0 Å². The molecule has 0 spiro atoms. The molecular weight excluding hydrogens is 300 g/mol. The SMILES string of the molecule is NC(CC(=O)O)c1ccc(F)c(I)c1. The zero-order valence-electron chi connectivity index (χ0n) is 7.21. The Morgan fingerprint density at radius 3 is 2.79 bits per heavy atom. The van der Waals surface area contributed by atoms with Gasteiger partial charge in [-0.1, -0.05) is 6.07 Å². The molecule has 5 heteroatoms. The van der Waals surface area contributed by atoms with Crippen molar-refractivity contribution in [2.45, 2.75) is 12.5 Å².